The van der Waals surface area contributed by atoms with Crippen LogP contribution in [0.3, 0.4) is 0 Å². The number of benzene rings is 1. The lowest BCUT2D eigenvalue weighted by molar-refractivity contribution is 0.0944. The van der Waals surface area contributed by atoms with E-state index in [0.717, 1.165) is 29.2 Å². The quantitative estimate of drug-likeness (QED) is 0.758. The second kappa shape index (κ2) is 3.49. The lowest BCUT2D eigenvalue weighted by Crippen LogP contribution is -2.10. The first-order chi connectivity index (χ1) is 9.33. The third kappa shape index (κ3) is 1.33. The summed E-state index contributed by atoms with van der Waals surface area (Å²) < 4.78 is 5.43. The number of ether oxygens (including phenoxy) is 1. The molecule has 0 aromatic heterocycles. The summed E-state index contributed by atoms with van der Waals surface area (Å²) in [5.74, 6) is 4.03. The number of carbonyl (C=O) groups is 1. The number of hydrogen-bond acceptors (Lipinski definition) is 2. The maximum absolute atomic E-state index is 12.7. The van der Waals surface area contributed by atoms with Gasteiger partial charge in [-0.05, 0) is 60.1 Å². The van der Waals surface area contributed by atoms with Gasteiger partial charge in [0.05, 0.1) is 13.2 Å². The van der Waals surface area contributed by atoms with Crippen molar-refractivity contribution in [3.63, 3.8) is 0 Å². The monoisotopic (exact) mass is 254 g/mol. The molecule has 2 heteroatoms. The largest absolute Gasteiger partial charge is 0.372 e. The number of hydrogen-bond donors (Lipinski definition) is 0. The molecule has 0 spiro atoms. The number of carbonyl (C=O) groups excluding carboxylic acids is 1. The summed E-state index contributed by atoms with van der Waals surface area (Å²) in [6, 6.07) is 6.19. The van der Waals surface area contributed by atoms with Crippen LogP contribution in [-0.2, 0) is 18.0 Å². The Kier molecular flexibility index (Phi) is 1.95. The Morgan fingerprint density at radius 3 is 2.58 bits per heavy atom. The SMILES string of the molecule is O=C(c1ccc2c(c1)COC2)C1C2C3CCC(C3)C12. The first-order valence-corrected chi connectivity index (χ1v) is 7.56. The molecule has 0 radical (unpaired) electrons. The first kappa shape index (κ1) is 10.6. The molecule has 1 heterocycles. The number of fused-ring (bicyclic) bond motifs is 6. The normalized spacial score (nSPS) is 41.2. The molecule has 3 aliphatic carbocycles. The fourth-order valence-corrected chi connectivity index (χ4v) is 5.19. The Labute approximate surface area is 113 Å². The zero-order valence-corrected chi connectivity index (χ0v) is 11.0. The zero-order valence-electron chi connectivity index (χ0n) is 11.0. The van der Waals surface area contributed by atoms with Crippen molar-refractivity contribution in [3.05, 3.63) is 34.9 Å². The number of Topliss-reactive ketones (excluding diaryl/α,β-unsaturated/α-hetero) is 1. The van der Waals surface area contributed by atoms with E-state index in [9.17, 15) is 4.79 Å². The van der Waals surface area contributed by atoms with Gasteiger partial charge in [0.25, 0.3) is 0 Å². The van der Waals surface area contributed by atoms with E-state index in [2.05, 4.69) is 12.1 Å². The van der Waals surface area contributed by atoms with Gasteiger partial charge in [0, 0.05) is 11.5 Å². The van der Waals surface area contributed by atoms with Crippen LogP contribution in [0, 0.1) is 29.6 Å². The van der Waals surface area contributed by atoms with Crippen LogP contribution in [0.2, 0.25) is 0 Å². The lowest BCUT2D eigenvalue weighted by atomic mass is 9.95. The average molecular weight is 254 g/mol. The lowest BCUT2D eigenvalue weighted by Gasteiger charge is -2.08. The number of rotatable bonds is 2. The van der Waals surface area contributed by atoms with Gasteiger partial charge in [-0.25, -0.2) is 0 Å². The average Bonchev–Trinajstić information content (AvgIpc) is 2.84. The topological polar surface area (TPSA) is 26.3 Å². The maximum Gasteiger partial charge on any atom is 0.166 e. The van der Waals surface area contributed by atoms with E-state index in [4.69, 9.17) is 4.74 Å². The Hall–Kier alpha value is -1.15. The Bertz CT molecular complexity index is 561. The van der Waals surface area contributed by atoms with Gasteiger partial charge in [-0.15, -0.1) is 0 Å². The summed E-state index contributed by atoms with van der Waals surface area (Å²) in [6.45, 7) is 1.39. The van der Waals surface area contributed by atoms with Gasteiger partial charge in [-0.2, -0.15) is 0 Å². The summed E-state index contributed by atoms with van der Waals surface area (Å²) in [5.41, 5.74) is 3.41. The second-order valence-electron chi connectivity index (χ2n) is 6.85. The molecule has 4 atom stereocenters. The minimum absolute atomic E-state index is 0.367. The molecule has 4 aliphatic rings. The van der Waals surface area contributed by atoms with Crippen LogP contribution in [-0.4, -0.2) is 5.78 Å². The van der Waals surface area contributed by atoms with Crippen molar-refractivity contribution in [3.8, 4) is 0 Å². The highest BCUT2D eigenvalue weighted by Crippen LogP contribution is 2.69. The number of ketones is 1. The van der Waals surface area contributed by atoms with Crippen molar-refractivity contribution in [2.45, 2.75) is 32.5 Å². The summed E-state index contributed by atoms with van der Waals surface area (Å²) in [5, 5.41) is 0. The molecule has 0 N–H and O–H groups in total. The highest BCUT2D eigenvalue weighted by molar-refractivity contribution is 6.00. The molecule has 1 aromatic carbocycles. The molecular formula is C17H18O2. The molecule has 0 saturated heterocycles. The van der Waals surface area contributed by atoms with Gasteiger partial charge >= 0.3 is 0 Å². The predicted octanol–water partition coefficient (Wildman–Crippen LogP) is 3.19. The van der Waals surface area contributed by atoms with Gasteiger partial charge in [0.2, 0.25) is 0 Å². The van der Waals surface area contributed by atoms with Crippen molar-refractivity contribution in [2.75, 3.05) is 0 Å². The van der Waals surface area contributed by atoms with E-state index >= 15 is 0 Å². The third-order valence-electron chi connectivity index (χ3n) is 6.04. The second-order valence-corrected chi connectivity index (χ2v) is 6.85. The van der Waals surface area contributed by atoms with Gasteiger partial charge in [0.1, 0.15) is 0 Å². The predicted molar refractivity (Wildman–Crippen MR) is 70.6 cm³/mol. The Morgan fingerprint density at radius 2 is 1.79 bits per heavy atom. The summed E-state index contributed by atoms with van der Waals surface area (Å²) in [6.07, 6.45) is 4.18. The molecule has 1 aliphatic heterocycles. The van der Waals surface area contributed by atoms with Crippen molar-refractivity contribution >= 4 is 5.78 Å². The zero-order chi connectivity index (χ0) is 12.6. The highest BCUT2D eigenvalue weighted by Gasteiger charge is 2.67. The third-order valence-corrected chi connectivity index (χ3v) is 6.04. The molecular weight excluding hydrogens is 236 g/mol. The van der Waals surface area contributed by atoms with Crippen LogP contribution in [0.15, 0.2) is 18.2 Å². The van der Waals surface area contributed by atoms with Crippen molar-refractivity contribution < 1.29 is 9.53 Å². The molecule has 4 unspecified atom stereocenters. The smallest absolute Gasteiger partial charge is 0.166 e. The molecule has 5 rings (SSSR count). The van der Waals surface area contributed by atoms with Crippen molar-refractivity contribution in [1.82, 2.24) is 0 Å². The molecule has 3 saturated carbocycles. The van der Waals surface area contributed by atoms with Crippen LogP contribution >= 0.6 is 0 Å². The van der Waals surface area contributed by atoms with Crippen LogP contribution < -0.4 is 0 Å². The van der Waals surface area contributed by atoms with Crippen molar-refractivity contribution in [2.24, 2.45) is 29.6 Å². The van der Waals surface area contributed by atoms with Crippen molar-refractivity contribution in [1.29, 1.82) is 0 Å². The molecule has 1 aromatic rings. The summed E-state index contributed by atoms with van der Waals surface area (Å²) in [4.78, 5) is 12.7. The van der Waals surface area contributed by atoms with E-state index < -0.39 is 0 Å². The Balaban J connectivity index is 1.44. The fourth-order valence-electron chi connectivity index (χ4n) is 5.19. The molecule has 2 nitrogen and oxygen atoms in total. The van der Waals surface area contributed by atoms with Gasteiger partial charge in [-0.3, -0.25) is 4.79 Å². The first-order valence-electron chi connectivity index (χ1n) is 7.56. The molecule has 98 valence electrons. The highest BCUT2D eigenvalue weighted by atomic mass is 16.5. The van der Waals surface area contributed by atoms with Crippen LogP contribution in [0.4, 0.5) is 0 Å². The minimum Gasteiger partial charge on any atom is -0.372 e. The fraction of sp³-hybridized carbons (Fsp3) is 0.588. The van der Waals surface area contributed by atoms with E-state index in [1.54, 1.807) is 0 Å². The van der Waals surface area contributed by atoms with E-state index in [0.29, 0.717) is 24.9 Å². The standard InChI is InChI=1S/C17H18O2/c18-17(11-3-4-12-7-19-8-13(12)6-11)16-14-9-1-2-10(5-9)15(14)16/h3-4,6,9-10,14-16H,1-2,5,7-8H2. The van der Waals surface area contributed by atoms with Crippen LogP contribution in [0.1, 0.15) is 40.7 Å². The molecule has 0 amide bonds. The van der Waals surface area contributed by atoms with E-state index in [-0.39, 0.29) is 0 Å². The molecule has 2 bridgehead atoms. The van der Waals surface area contributed by atoms with Gasteiger partial charge < -0.3 is 4.74 Å². The maximum atomic E-state index is 12.7. The molecule has 3 fully saturated rings. The van der Waals surface area contributed by atoms with Gasteiger partial charge in [-0.1, -0.05) is 12.1 Å². The molecule has 19 heavy (non-hydrogen) atoms. The minimum atomic E-state index is 0.367. The summed E-state index contributed by atoms with van der Waals surface area (Å²) >= 11 is 0. The van der Waals surface area contributed by atoms with E-state index in [1.165, 1.54) is 30.4 Å². The summed E-state index contributed by atoms with van der Waals surface area (Å²) in [7, 11) is 0. The van der Waals surface area contributed by atoms with Gasteiger partial charge in [0.15, 0.2) is 5.78 Å². The van der Waals surface area contributed by atoms with E-state index in [1.807, 2.05) is 6.07 Å². The van der Waals surface area contributed by atoms with Crippen LogP contribution in [0.5, 0.6) is 0 Å². The Morgan fingerprint density at radius 1 is 1.05 bits per heavy atom. The van der Waals surface area contributed by atoms with Crippen LogP contribution in [0.25, 0.3) is 0 Å².